The monoisotopic (exact) mass is 365 g/mol. The molecule has 108 valence electrons. The molecule has 0 spiro atoms. The number of nitrogens with one attached hydrogen (secondary N) is 1. The highest BCUT2D eigenvalue weighted by Gasteiger charge is 2.20. The van der Waals surface area contributed by atoms with Crippen LogP contribution in [0.1, 0.15) is 16.7 Å². The molecule has 6 heteroatoms. The molecule has 0 aliphatic heterocycles. The van der Waals surface area contributed by atoms with E-state index in [9.17, 15) is 4.39 Å². The van der Waals surface area contributed by atoms with Crippen LogP contribution >= 0.6 is 27.3 Å². The van der Waals surface area contributed by atoms with E-state index >= 15 is 0 Å². The van der Waals surface area contributed by atoms with Gasteiger partial charge in [0.15, 0.2) is 0 Å². The van der Waals surface area contributed by atoms with Crippen molar-refractivity contribution in [2.45, 2.75) is 6.04 Å². The first kappa shape index (κ1) is 14.3. The molecule has 0 saturated heterocycles. The molecule has 2 aromatic heterocycles. The summed E-state index contributed by atoms with van der Waals surface area (Å²) in [5.74, 6) is 0.555. The molecule has 0 fully saturated rings. The number of hydrogen-bond donors (Lipinski definition) is 1. The molecule has 3 nitrogen and oxygen atoms in total. The zero-order chi connectivity index (χ0) is 14.8. The topological polar surface area (TPSA) is 29.9 Å². The maximum Gasteiger partial charge on any atom is 0.147 e. The van der Waals surface area contributed by atoms with E-state index in [0.29, 0.717) is 5.69 Å². The number of nitrogens with zero attached hydrogens (tertiary/aromatic N) is 2. The molecule has 0 aliphatic carbocycles. The molecule has 3 rings (SSSR count). The Bertz CT molecular complexity index is 739. The maximum absolute atomic E-state index is 14.1. The van der Waals surface area contributed by atoms with E-state index in [1.54, 1.807) is 23.6 Å². The summed E-state index contributed by atoms with van der Waals surface area (Å²) < 4.78 is 16.7. The van der Waals surface area contributed by atoms with Crippen molar-refractivity contribution < 1.29 is 4.39 Å². The Labute approximate surface area is 134 Å². The van der Waals surface area contributed by atoms with Crippen LogP contribution in [0.3, 0.4) is 0 Å². The highest BCUT2D eigenvalue weighted by Crippen LogP contribution is 2.30. The molecular weight excluding hydrogens is 353 g/mol. The van der Waals surface area contributed by atoms with Gasteiger partial charge in [-0.3, -0.25) is 0 Å². The summed E-state index contributed by atoms with van der Waals surface area (Å²) in [7, 11) is 1.93. The van der Waals surface area contributed by atoms with Crippen molar-refractivity contribution in [3.8, 4) is 0 Å². The summed E-state index contributed by atoms with van der Waals surface area (Å²) in [5, 5.41) is 5.26. The summed E-state index contributed by atoms with van der Waals surface area (Å²) in [6, 6.07) is 8.81. The second kappa shape index (κ2) is 5.99. The van der Waals surface area contributed by atoms with Gasteiger partial charge < -0.3 is 9.88 Å². The van der Waals surface area contributed by atoms with Crippen molar-refractivity contribution in [1.82, 2.24) is 9.55 Å². The Kier molecular flexibility index (Phi) is 4.07. The molecule has 1 atom stereocenters. The zero-order valence-corrected chi connectivity index (χ0v) is 13.7. The van der Waals surface area contributed by atoms with Gasteiger partial charge in [0.1, 0.15) is 17.7 Å². The number of thiophene rings is 1. The fourth-order valence-corrected chi connectivity index (χ4v) is 3.24. The van der Waals surface area contributed by atoms with Gasteiger partial charge in [0.05, 0.1) is 5.69 Å². The van der Waals surface area contributed by atoms with Crippen LogP contribution in [-0.4, -0.2) is 9.55 Å². The molecule has 0 aliphatic rings. The smallest absolute Gasteiger partial charge is 0.147 e. The highest BCUT2D eigenvalue weighted by molar-refractivity contribution is 9.10. The van der Waals surface area contributed by atoms with Gasteiger partial charge in [-0.2, -0.15) is 0 Å². The third-order valence-corrected chi connectivity index (χ3v) is 4.61. The van der Waals surface area contributed by atoms with Crippen LogP contribution in [0.5, 0.6) is 0 Å². The van der Waals surface area contributed by atoms with E-state index in [2.05, 4.69) is 26.2 Å². The van der Waals surface area contributed by atoms with Crippen LogP contribution in [0.4, 0.5) is 10.1 Å². The average Bonchev–Trinajstić information content (AvgIpc) is 3.10. The predicted octanol–water partition coefficient (Wildman–Crippen LogP) is 4.58. The predicted molar refractivity (Wildman–Crippen MR) is 87.1 cm³/mol. The molecule has 0 amide bonds. The van der Waals surface area contributed by atoms with Crippen molar-refractivity contribution in [3.05, 3.63) is 69.1 Å². The number of rotatable bonds is 4. The Morgan fingerprint density at radius 3 is 2.86 bits per heavy atom. The molecule has 1 aromatic carbocycles. The van der Waals surface area contributed by atoms with Crippen molar-refractivity contribution in [2.75, 3.05) is 5.32 Å². The van der Waals surface area contributed by atoms with Gasteiger partial charge in [0, 0.05) is 28.8 Å². The molecule has 21 heavy (non-hydrogen) atoms. The lowest BCUT2D eigenvalue weighted by Gasteiger charge is -2.19. The number of aromatic nitrogens is 2. The van der Waals surface area contributed by atoms with Crippen molar-refractivity contribution in [3.63, 3.8) is 0 Å². The molecule has 0 radical (unpaired) electrons. The lowest BCUT2D eigenvalue weighted by atomic mass is 10.2. The number of halogens is 2. The molecular formula is C15H13BrFN3S. The first-order valence-electron chi connectivity index (χ1n) is 6.37. The highest BCUT2D eigenvalue weighted by atomic mass is 79.9. The van der Waals surface area contributed by atoms with Gasteiger partial charge in [-0.05, 0) is 29.6 Å². The van der Waals surface area contributed by atoms with E-state index in [4.69, 9.17) is 0 Å². The Hall–Kier alpha value is -1.66. The minimum Gasteiger partial charge on any atom is -0.368 e. The molecule has 0 saturated carbocycles. The summed E-state index contributed by atoms with van der Waals surface area (Å²) in [5.41, 5.74) is 0.458. The van der Waals surface area contributed by atoms with Gasteiger partial charge in [0.2, 0.25) is 0 Å². The van der Waals surface area contributed by atoms with E-state index in [1.165, 1.54) is 6.07 Å². The Morgan fingerprint density at radius 2 is 2.24 bits per heavy atom. The van der Waals surface area contributed by atoms with Gasteiger partial charge in [-0.25, -0.2) is 9.37 Å². The third kappa shape index (κ3) is 3.01. The third-order valence-electron chi connectivity index (χ3n) is 3.18. The van der Waals surface area contributed by atoms with Crippen molar-refractivity contribution in [1.29, 1.82) is 0 Å². The SMILES string of the molecule is Cn1ccnc1C(Nc1ccc(Br)cc1F)c1cccs1. The second-order valence-corrected chi connectivity index (χ2v) is 6.51. The number of aryl methyl sites for hydroxylation is 1. The first-order valence-corrected chi connectivity index (χ1v) is 8.04. The van der Waals surface area contributed by atoms with Crippen molar-refractivity contribution >= 4 is 33.0 Å². The maximum atomic E-state index is 14.1. The van der Waals surface area contributed by atoms with Crippen LogP contribution < -0.4 is 5.32 Å². The van der Waals surface area contributed by atoms with Crippen LogP contribution in [0.15, 0.2) is 52.6 Å². The van der Waals surface area contributed by atoms with Gasteiger partial charge in [-0.1, -0.05) is 22.0 Å². The first-order chi connectivity index (χ1) is 10.1. The molecule has 1 unspecified atom stereocenters. The Balaban J connectivity index is 1.99. The number of hydrogen-bond acceptors (Lipinski definition) is 3. The molecule has 3 aromatic rings. The number of imidazole rings is 1. The lowest BCUT2D eigenvalue weighted by Crippen LogP contribution is -2.16. The van der Waals surface area contributed by atoms with Crippen LogP contribution in [-0.2, 0) is 7.05 Å². The molecule has 0 bridgehead atoms. The summed E-state index contributed by atoms with van der Waals surface area (Å²) >= 11 is 4.89. The van der Waals surface area contributed by atoms with Gasteiger partial charge in [-0.15, -0.1) is 11.3 Å². The quantitative estimate of drug-likeness (QED) is 0.732. The minimum absolute atomic E-state index is 0.180. The summed E-state index contributed by atoms with van der Waals surface area (Å²) in [6.45, 7) is 0. The van der Waals surface area contributed by atoms with Crippen molar-refractivity contribution in [2.24, 2.45) is 7.05 Å². The second-order valence-electron chi connectivity index (χ2n) is 4.61. The summed E-state index contributed by atoms with van der Waals surface area (Å²) in [6.07, 6.45) is 3.63. The van der Waals surface area contributed by atoms with E-state index in [0.717, 1.165) is 15.2 Å². The van der Waals surface area contributed by atoms with E-state index in [1.807, 2.05) is 41.4 Å². The minimum atomic E-state index is -0.292. The van der Waals surface area contributed by atoms with Crippen LogP contribution in [0.2, 0.25) is 0 Å². The average molecular weight is 366 g/mol. The molecule has 1 N–H and O–H groups in total. The zero-order valence-electron chi connectivity index (χ0n) is 11.3. The van der Waals surface area contributed by atoms with Crippen LogP contribution in [0.25, 0.3) is 0 Å². The fourth-order valence-electron chi connectivity index (χ4n) is 2.14. The van der Waals surface area contributed by atoms with Gasteiger partial charge in [0.25, 0.3) is 0 Å². The number of anilines is 1. The lowest BCUT2D eigenvalue weighted by molar-refractivity contribution is 0.626. The standard InChI is InChI=1S/C15H13BrFN3S/c1-20-7-6-18-15(20)14(13-3-2-8-21-13)19-12-5-4-10(16)9-11(12)17/h2-9,14,19H,1H3. The fraction of sp³-hybridized carbons (Fsp3) is 0.133. The summed E-state index contributed by atoms with van der Waals surface area (Å²) in [4.78, 5) is 5.48. The van der Waals surface area contributed by atoms with E-state index in [-0.39, 0.29) is 11.9 Å². The van der Waals surface area contributed by atoms with Gasteiger partial charge >= 0.3 is 0 Å². The number of benzene rings is 1. The van der Waals surface area contributed by atoms with E-state index < -0.39 is 0 Å². The normalized spacial score (nSPS) is 12.3. The van der Waals surface area contributed by atoms with Crippen LogP contribution in [0, 0.1) is 5.82 Å². The Morgan fingerprint density at radius 1 is 1.38 bits per heavy atom. The largest absolute Gasteiger partial charge is 0.368 e. The molecule has 2 heterocycles.